The molecule has 31 heavy (non-hydrogen) atoms. The second-order valence-electron chi connectivity index (χ2n) is 10.9. The highest BCUT2D eigenvalue weighted by Gasteiger charge is 2.59. The van der Waals surface area contributed by atoms with Gasteiger partial charge in [-0.3, -0.25) is 0 Å². The van der Waals surface area contributed by atoms with Crippen LogP contribution in [0.15, 0.2) is 36.5 Å². The van der Waals surface area contributed by atoms with Gasteiger partial charge >= 0.3 is 0 Å². The van der Waals surface area contributed by atoms with Crippen molar-refractivity contribution in [1.82, 2.24) is 0 Å². The van der Waals surface area contributed by atoms with E-state index in [-0.39, 0.29) is 11.0 Å². The van der Waals surface area contributed by atoms with E-state index in [0.29, 0.717) is 0 Å². The van der Waals surface area contributed by atoms with Crippen molar-refractivity contribution in [2.24, 2.45) is 11.8 Å². The minimum atomic E-state index is 0.149. The van der Waals surface area contributed by atoms with Gasteiger partial charge < -0.3 is 0 Å². The SMILES string of the molecule is CCCC1Cc2cc[n+]3c(c2C)-c2ccccc2C(C)(CC)C3(CC)CCCC(C)C1. The number of benzene rings is 1. The van der Waals surface area contributed by atoms with Crippen molar-refractivity contribution in [1.29, 1.82) is 0 Å². The molecule has 0 saturated carbocycles. The molecule has 4 atom stereocenters. The molecule has 1 aromatic carbocycles. The third-order valence-electron chi connectivity index (χ3n) is 9.29. The summed E-state index contributed by atoms with van der Waals surface area (Å²) in [5.41, 5.74) is 7.98. The smallest absolute Gasteiger partial charge is 0.192 e. The summed E-state index contributed by atoms with van der Waals surface area (Å²) >= 11 is 0. The zero-order chi connectivity index (χ0) is 22.2. The van der Waals surface area contributed by atoms with E-state index in [2.05, 4.69) is 82.6 Å². The molecule has 1 heteroatoms. The van der Waals surface area contributed by atoms with E-state index >= 15 is 0 Å². The van der Waals surface area contributed by atoms with Crippen LogP contribution >= 0.6 is 0 Å². The molecule has 0 saturated heterocycles. The predicted molar refractivity (Wildman–Crippen MR) is 132 cm³/mol. The van der Waals surface area contributed by atoms with Gasteiger partial charge in [-0.1, -0.05) is 65.2 Å². The van der Waals surface area contributed by atoms with Crippen LogP contribution in [0, 0.1) is 18.8 Å². The molecule has 5 rings (SSSR count). The quantitative estimate of drug-likeness (QED) is 0.444. The lowest BCUT2D eigenvalue weighted by Gasteiger charge is -2.48. The molecule has 0 amide bonds. The molecule has 1 aromatic heterocycles. The van der Waals surface area contributed by atoms with Crippen LogP contribution in [0.2, 0.25) is 0 Å². The number of rotatable bonds is 4. The second-order valence-corrected chi connectivity index (χ2v) is 10.9. The predicted octanol–water partition coefficient (Wildman–Crippen LogP) is 7.91. The first-order chi connectivity index (χ1) is 14.9. The van der Waals surface area contributed by atoms with Gasteiger partial charge in [0, 0.05) is 24.5 Å². The van der Waals surface area contributed by atoms with Crippen molar-refractivity contribution < 1.29 is 4.57 Å². The van der Waals surface area contributed by atoms with Crippen LogP contribution in [0.25, 0.3) is 11.3 Å². The lowest BCUT2D eigenvalue weighted by atomic mass is 9.58. The minimum absolute atomic E-state index is 0.149. The average molecular weight is 419 g/mol. The molecule has 0 aliphatic carbocycles. The summed E-state index contributed by atoms with van der Waals surface area (Å²) in [6.45, 7) is 14.7. The summed E-state index contributed by atoms with van der Waals surface area (Å²) in [4.78, 5) is 0. The monoisotopic (exact) mass is 418 g/mol. The van der Waals surface area contributed by atoms with Crippen LogP contribution in [0.4, 0.5) is 0 Å². The van der Waals surface area contributed by atoms with Crippen molar-refractivity contribution >= 4 is 0 Å². The Morgan fingerprint density at radius 3 is 2.55 bits per heavy atom. The van der Waals surface area contributed by atoms with Crippen LogP contribution in [-0.2, 0) is 17.4 Å². The van der Waals surface area contributed by atoms with E-state index in [0.717, 1.165) is 11.8 Å². The Morgan fingerprint density at radius 2 is 1.84 bits per heavy atom. The molecule has 0 spiro atoms. The normalized spacial score (nSPS) is 30.4. The Bertz CT molecular complexity index is 928. The summed E-state index contributed by atoms with van der Waals surface area (Å²) in [5.74, 6) is 1.65. The summed E-state index contributed by atoms with van der Waals surface area (Å²) < 4.78 is 2.75. The maximum absolute atomic E-state index is 2.75. The molecule has 2 aromatic rings. The first-order valence-corrected chi connectivity index (χ1v) is 13.1. The van der Waals surface area contributed by atoms with Gasteiger partial charge in [-0.15, -0.1) is 0 Å². The van der Waals surface area contributed by atoms with Crippen LogP contribution in [0.5, 0.6) is 0 Å². The van der Waals surface area contributed by atoms with Crippen molar-refractivity contribution in [2.45, 2.75) is 110 Å². The maximum Gasteiger partial charge on any atom is 0.216 e. The summed E-state index contributed by atoms with van der Waals surface area (Å²) in [6.07, 6.45) is 14.1. The Balaban J connectivity index is 2.00. The van der Waals surface area contributed by atoms with Crippen molar-refractivity contribution in [3.63, 3.8) is 0 Å². The van der Waals surface area contributed by atoms with Crippen molar-refractivity contribution in [3.8, 4) is 11.3 Å². The van der Waals surface area contributed by atoms with Crippen molar-refractivity contribution in [3.05, 3.63) is 53.2 Å². The van der Waals surface area contributed by atoms with Gasteiger partial charge in [0.25, 0.3) is 0 Å². The van der Waals surface area contributed by atoms with Gasteiger partial charge in [-0.05, 0) is 68.6 Å². The topological polar surface area (TPSA) is 3.88 Å². The van der Waals surface area contributed by atoms with E-state index in [1.807, 2.05) is 0 Å². The molecule has 0 radical (unpaired) electrons. The van der Waals surface area contributed by atoms with E-state index in [1.54, 1.807) is 11.1 Å². The number of aromatic nitrogens is 1. The first-order valence-electron chi connectivity index (χ1n) is 13.1. The fraction of sp³-hybridized carbons (Fsp3) is 0.633. The average Bonchev–Trinajstić information content (AvgIpc) is 2.76. The Labute approximate surface area is 191 Å². The lowest BCUT2D eigenvalue weighted by Crippen LogP contribution is -2.69. The Hall–Kier alpha value is -1.63. The molecule has 3 aliphatic heterocycles. The van der Waals surface area contributed by atoms with Gasteiger partial charge in [0.15, 0.2) is 11.7 Å². The highest BCUT2D eigenvalue weighted by Crippen LogP contribution is 2.52. The molecule has 168 valence electrons. The fourth-order valence-corrected chi connectivity index (χ4v) is 7.40. The molecule has 4 heterocycles. The first kappa shape index (κ1) is 22.6. The summed E-state index contributed by atoms with van der Waals surface area (Å²) in [7, 11) is 0. The number of fused-ring (bicyclic) bond motifs is 8. The third-order valence-corrected chi connectivity index (χ3v) is 9.29. The van der Waals surface area contributed by atoms with Gasteiger partial charge in [0.05, 0.1) is 11.0 Å². The number of hydrogen-bond donors (Lipinski definition) is 0. The largest absolute Gasteiger partial charge is 0.216 e. The lowest BCUT2D eigenvalue weighted by molar-refractivity contribution is -0.770. The number of pyridine rings is 1. The van der Waals surface area contributed by atoms with Crippen LogP contribution in [0.1, 0.15) is 103 Å². The van der Waals surface area contributed by atoms with Gasteiger partial charge in [0.1, 0.15) is 0 Å². The van der Waals surface area contributed by atoms with Crippen LogP contribution in [-0.4, -0.2) is 0 Å². The maximum atomic E-state index is 2.75. The van der Waals surface area contributed by atoms with E-state index in [1.165, 1.54) is 74.6 Å². The number of hydrogen-bond acceptors (Lipinski definition) is 0. The second kappa shape index (κ2) is 8.72. The number of nitrogens with zero attached hydrogens (tertiary/aromatic N) is 1. The molecule has 0 fully saturated rings. The zero-order valence-electron chi connectivity index (χ0n) is 20.9. The van der Waals surface area contributed by atoms with Crippen molar-refractivity contribution in [2.75, 3.05) is 0 Å². The van der Waals surface area contributed by atoms with E-state index in [9.17, 15) is 0 Å². The van der Waals surface area contributed by atoms with Crippen LogP contribution < -0.4 is 4.57 Å². The highest BCUT2D eigenvalue weighted by atomic mass is 15.1. The van der Waals surface area contributed by atoms with Gasteiger partial charge in [-0.2, -0.15) is 4.57 Å². The minimum Gasteiger partial charge on any atom is -0.192 e. The fourth-order valence-electron chi connectivity index (χ4n) is 7.40. The molecule has 4 bridgehead atoms. The molecule has 1 nitrogen and oxygen atoms in total. The standard InChI is InChI=1S/C30H44N/c1-7-13-24-20-22(4)14-12-18-30(9-3)29(6,8-2)27-16-11-10-15-26(27)28-23(5)25(21-24)17-19-31(28)30/h10-11,15-17,19,22,24H,7-9,12-14,18,20-21H2,1-6H3/q+1. The molecular weight excluding hydrogens is 374 g/mol. The van der Waals surface area contributed by atoms with E-state index in [4.69, 9.17) is 0 Å². The Kier molecular flexibility index (Phi) is 6.35. The zero-order valence-corrected chi connectivity index (χ0v) is 20.9. The third kappa shape index (κ3) is 3.47. The molecule has 0 N–H and O–H groups in total. The van der Waals surface area contributed by atoms with Gasteiger partial charge in [-0.25, -0.2) is 0 Å². The van der Waals surface area contributed by atoms with Gasteiger partial charge in [0.2, 0.25) is 5.69 Å². The van der Waals surface area contributed by atoms with Crippen LogP contribution in [0.3, 0.4) is 0 Å². The summed E-state index contributed by atoms with van der Waals surface area (Å²) in [5, 5.41) is 0. The Morgan fingerprint density at radius 1 is 1.06 bits per heavy atom. The highest BCUT2D eigenvalue weighted by molar-refractivity contribution is 5.69. The summed E-state index contributed by atoms with van der Waals surface area (Å²) in [6, 6.07) is 11.8. The molecular formula is C30H44N+. The van der Waals surface area contributed by atoms with E-state index < -0.39 is 0 Å². The molecule has 3 aliphatic rings. The molecule has 4 unspecified atom stereocenters.